The quantitative estimate of drug-likeness (QED) is 0.656. The average Bonchev–Trinajstić information content (AvgIpc) is 2.67. The van der Waals surface area contributed by atoms with E-state index in [2.05, 4.69) is 38.1 Å². The lowest BCUT2D eigenvalue weighted by molar-refractivity contribution is 0.0472. The number of aromatic hydroxyl groups is 1. The van der Waals surface area contributed by atoms with E-state index in [9.17, 15) is 9.90 Å². The molecule has 1 N–H and O–H groups in total. The first-order chi connectivity index (χ1) is 12.5. The summed E-state index contributed by atoms with van der Waals surface area (Å²) in [5.41, 5.74) is 3.72. The lowest BCUT2D eigenvalue weighted by atomic mass is 9.78. The monoisotopic (exact) mass is 346 g/mol. The molecular weight excluding hydrogens is 324 g/mol. The smallest absolute Gasteiger partial charge is 0.338 e. The van der Waals surface area contributed by atoms with Crippen molar-refractivity contribution < 1.29 is 14.6 Å². The summed E-state index contributed by atoms with van der Waals surface area (Å²) in [4.78, 5) is 12.0. The molecule has 0 aliphatic heterocycles. The molecule has 0 amide bonds. The molecular formula is C23H22O3. The second-order valence-electron chi connectivity index (χ2n) is 6.81. The lowest BCUT2D eigenvalue weighted by Gasteiger charge is -2.26. The molecule has 0 aliphatic rings. The normalized spacial score (nSPS) is 11.2. The zero-order valence-electron chi connectivity index (χ0n) is 15.0. The highest BCUT2D eigenvalue weighted by Gasteiger charge is 2.22. The Bertz CT molecular complexity index is 864. The van der Waals surface area contributed by atoms with Crippen molar-refractivity contribution in [3.63, 3.8) is 0 Å². The highest BCUT2D eigenvalue weighted by molar-refractivity contribution is 5.89. The highest BCUT2D eigenvalue weighted by Crippen LogP contribution is 2.31. The maximum absolute atomic E-state index is 12.0. The van der Waals surface area contributed by atoms with Crippen LogP contribution in [0.2, 0.25) is 0 Å². The van der Waals surface area contributed by atoms with Crippen molar-refractivity contribution in [2.45, 2.75) is 25.9 Å². The molecule has 3 heteroatoms. The molecule has 0 bridgehead atoms. The maximum Gasteiger partial charge on any atom is 0.338 e. The van der Waals surface area contributed by atoms with Gasteiger partial charge in [-0.1, -0.05) is 68.4 Å². The molecule has 0 saturated heterocycles. The second kappa shape index (κ2) is 7.44. The van der Waals surface area contributed by atoms with Gasteiger partial charge in [-0.05, 0) is 41.0 Å². The molecule has 0 aromatic heterocycles. The van der Waals surface area contributed by atoms with E-state index in [4.69, 9.17) is 4.74 Å². The Labute approximate surface area is 153 Å². The van der Waals surface area contributed by atoms with Crippen LogP contribution in [-0.2, 0) is 16.8 Å². The zero-order valence-corrected chi connectivity index (χ0v) is 15.0. The largest absolute Gasteiger partial charge is 0.508 e. The van der Waals surface area contributed by atoms with E-state index in [1.54, 1.807) is 12.1 Å². The van der Waals surface area contributed by atoms with Gasteiger partial charge in [0, 0.05) is 5.41 Å². The van der Waals surface area contributed by atoms with Gasteiger partial charge in [0.05, 0.1) is 5.56 Å². The molecule has 3 nitrogen and oxygen atoms in total. The molecule has 0 saturated carbocycles. The van der Waals surface area contributed by atoms with Crippen molar-refractivity contribution >= 4 is 5.97 Å². The van der Waals surface area contributed by atoms with Crippen LogP contribution in [0.25, 0.3) is 0 Å². The number of hydrogen-bond acceptors (Lipinski definition) is 3. The Morgan fingerprint density at radius 2 is 1.42 bits per heavy atom. The number of benzene rings is 3. The number of ether oxygens (including phenoxy) is 1. The average molecular weight is 346 g/mol. The van der Waals surface area contributed by atoms with E-state index in [0.717, 1.165) is 5.56 Å². The number of esters is 1. The van der Waals surface area contributed by atoms with Crippen molar-refractivity contribution in [1.29, 1.82) is 0 Å². The van der Waals surface area contributed by atoms with Gasteiger partial charge in [0.1, 0.15) is 12.4 Å². The summed E-state index contributed by atoms with van der Waals surface area (Å²) in [6, 6.07) is 24.6. The summed E-state index contributed by atoms with van der Waals surface area (Å²) in [5, 5.41) is 9.27. The van der Waals surface area contributed by atoms with Crippen LogP contribution in [0, 0.1) is 0 Å². The third-order valence-corrected chi connectivity index (χ3v) is 4.64. The van der Waals surface area contributed by atoms with Crippen LogP contribution in [0.15, 0.2) is 78.9 Å². The van der Waals surface area contributed by atoms with Crippen LogP contribution in [0.1, 0.15) is 40.9 Å². The van der Waals surface area contributed by atoms with Crippen molar-refractivity contribution in [2.24, 2.45) is 0 Å². The highest BCUT2D eigenvalue weighted by atomic mass is 16.5. The number of phenolic OH excluding ortho intramolecular Hbond substituents is 1. The molecule has 3 aromatic rings. The van der Waals surface area contributed by atoms with E-state index < -0.39 is 5.97 Å². The van der Waals surface area contributed by atoms with Gasteiger partial charge in [-0.25, -0.2) is 4.79 Å². The van der Waals surface area contributed by atoms with E-state index in [0.29, 0.717) is 5.56 Å². The fourth-order valence-corrected chi connectivity index (χ4v) is 2.87. The van der Waals surface area contributed by atoms with E-state index in [-0.39, 0.29) is 17.8 Å². The molecule has 0 spiro atoms. The first-order valence-electron chi connectivity index (χ1n) is 8.58. The number of phenols is 1. The minimum atomic E-state index is -0.404. The van der Waals surface area contributed by atoms with Gasteiger partial charge >= 0.3 is 5.97 Å². The minimum absolute atomic E-state index is 0.0947. The number of hydrogen-bond donors (Lipinski definition) is 1. The number of carbonyl (C=O) groups is 1. The molecule has 3 aromatic carbocycles. The van der Waals surface area contributed by atoms with Crippen LogP contribution in [-0.4, -0.2) is 11.1 Å². The number of rotatable bonds is 5. The van der Waals surface area contributed by atoms with E-state index in [1.807, 2.05) is 30.3 Å². The lowest BCUT2D eigenvalue weighted by Crippen LogP contribution is -2.18. The van der Waals surface area contributed by atoms with Crippen LogP contribution in [0.3, 0.4) is 0 Å². The maximum atomic E-state index is 12.0. The molecule has 0 atom stereocenters. The van der Waals surface area contributed by atoms with Crippen molar-refractivity contribution in [2.75, 3.05) is 0 Å². The predicted molar refractivity (Wildman–Crippen MR) is 102 cm³/mol. The van der Waals surface area contributed by atoms with Gasteiger partial charge in [-0.3, -0.25) is 0 Å². The Balaban J connectivity index is 1.66. The Hall–Kier alpha value is -3.07. The molecule has 3 rings (SSSR count). The van der Waals surface area contributed by atoms with Crippen LogP contribution in [0.4, 0.5) is 0 Å². The first kappa shape index (κ1) is 17.7. The Morgan fingerprint density at radius 3 is 2.04 bits per heavy atom. The van der Waals surface area contributed by atoms with Gasteiger partial charge in [-0.2, -0.15) is 0 Å². The van der Waals surface area contributed by atoms with Crippen molar-refractivity contribution in [3.05, 3.63) is 101 Å². The van der Waals surface area contributed by atoms with Crippen molar-refractivity contribution in [1.82, 2.24) is 0 Å². The minimum Gasteiger partial charge on any atom is -0.508 e. The fraction of sp³-hybridized carbons (Fsp3) is 0.174. The van der Waals surface area contributed by atoms with Gasteiger partial charge in [0.15, 0.2) is 0 Å². The van der Waals surface area contributed by atoms with E-state index >= 15 is 0 Å². The van der Waals surface area contributed by atoms with Gasteiger partial charge in [0.25, 0.3) is 0 Å². The predicted octanol–water partition coefficient (Wildman–Crippen LogP) is 5.08. The van der Waals surface area contributed by atoms with Crippen LogP contribution in [0.5, 0.6) is 5.75 Å². The first-order valence-corrected chi connectivity index (χ1v) is 8.58. The molecule has 0 heterocycles. The third kappa shape index (κ3) is 3.94. The van der Waals surface area contributed by atoms with Crippen molar-refractivity contribution in [3.8, 4) is 5.75 Å². The van der Waals surface area contributed by atoms with E-state index in [1.165, 1.54) is 23.3 Å². The zero-order chi connectivity index (χ0) is 18.6. The fourth-order valence-electron chi connectivity index (χ4n) is 2.87. The molecule has 0 radical (unpaired) electrons. The summed E-state index contributed by atoms with van der Waals surface area (Å²) >= 11 is 0. The summed E-state index contributed by atoms with van der Waals surface area (Å²) in [7, 11) is 0. The second-order valence-corrected chi connectivity index (χ2v) is 6.81. The number of carbonyl (C=O) groups excluding carboxylic acids is 1. The molecule has 0 fully saturated rings. The standard InChI is InChI=1S/C23H22O3/c1-23(2,19-6-4-3-5-7-19)20-12-8-17(9-13-20)16-26-22(25)18-10-14-21(24)15-11-18/h3-15,24H,16H2,1-2H3. The van der Waals surface area contributed by atoms with Crippen LogP contribution < -0.4 is 0 Å². The van der Waals surface area contributed by atoms with Gasteiger partial charge in [-0.15, -0.1) is 0 Å². The van der Waals surface area contributed by atoms with Gasteiger partial charge in [0.2, 0.25) is 0 Å². The molecule has 26 heavy (non-hydrogen) atoms. The van der Waals surface area contributed by atoms with Gasteiger partial charge < -0.3 is 9.84 Å². The summed E-state index contributed by atoms with van der Waals surface area (Å²) < 4.78 is 5.34. The SMILES string of the molecule is CC(C)(c1ccccc1)c1ccc(COC(=O)c2ccc(O)cc2)cc1. The molecule has 0 unspecified atom stereocenters. The Kier molecular flexibility index (Phi) is 5.08. The Morgan fingerprint density at radius 1 is 0.846 bits per heavy atom. The molecule has 0 aliphatic carbocycles. The third-order valence-electron chi connectivity index (χ3n) is 4.64. The summed E-state index contributed by atoms with van der Waals surface area (Å²) in [6.07, 6.45) is 0. The summed E-state index contributed by atoms with van der Waals surface area (Å²) in [5.74, 6) is -0.281. The summed E-state index contributed by atoms with van der Waals surface area (Å²) in [6.45, 7) is 4.61. The topological polar surface area (TPSA) is 46.5 Å². The molecule has 132 valence electrons. The van der Waals surface area contributed by atoms with Crippen LogP contribution >= 0.6 is 0 Å².